The molecule has 4 nitrogen and oxygen atoms in total. The number of halogens is 1. The van der Waals surface area contributed by atoms with E-state index in [1.54, 1.807) is 43.6 Å². The van der Waals surface area contributed by atoms with E-state index in [1.807, 2.05) is 18.2 Å². The van der Waals surface area contributed by atoms with Gasteiger partial charge in [-0.25, -0.2) is 0 Å². The number of hydrogen-bond donors (Lipinski definition) is 2. The highest BCUT2D eigenvalue weighted by atomic mass is 35.5. The largest absolute Gasteiger partial charge is 0.387 e. The van der Waals surface area contributed by atoms with E-state index in [9.17, 15) is 9.90 Å². The van der Waals surface area contributed by atoms with Crippen molar-refractivity contribution < 1.29 is 9.90 Å². The van der Waals surface area contributed by atoms with E-state index in [1.165, 1.54) is 0 Å². The lowest BCUT2D eigenvalue weighted by molar-refractivity contribution is -0.117. The van der Waals surface area contributed by atoms with Crippen molar-refractivity contribution in [3.05, 3.63) is 70.5 Å². The summed E-state index contributed by atoms with van der Waals surface area (Å²) < 4.78 is 0. The van der Waals surface area contributed by atoms with Gasteiger partial charge in [0.2, 0.25) is 5.91 Å². The van der Waals surface area contributed by atoms with Crippen LogP contribution in [0.4, 0.5) is 0 Å². The van der Waals surface area contributed by atoms with Crippen LogP contribution in [0.5, 0.6) is 0 Å². The van der Waals surface area contributed by atoms with E-state index < -0.39 is 6.10 Å². The van der Waals surface area contributed by atoms with E-state index in [0.29, 0.717) is 16.2 Å². The fourth-order valence-electron chi connectivity index (χ4n) is 1.92. The SMILES string of the molecule is C/C(=C/c1ccccc1Cl)C(=O)NCC(O)c1ccncc1. The fourth-order valence-corrected chi connectivity index (χ4v) is 2.11. The van der Waals surface area contributed by atoms with E-state index in [-0.39, 0.29) is 12.5 Å². The molecule has 0 spiro atoms. The lowest BCUT2D eigenvalue weighted by Gasteiger charge is -2.12. The summed E-state index contributed by atoms with van der Waals surface area (Å²) in [5.41, 5.74) is 2.02. The van der Waals surface area contributed by atoms with Crippen molar-refractivity contribution in [3.8, 4) is 0 Å². The van der Waals surface area contributed by atoms with Gasteiger partial charge in [-0.05, 0) is 42.3 Å². The Balaban J connectivity index is 1.96. The van der Waals surface area contributed by atoms with Crippen LogP contribution in [0.15, 0.2) is 54.4 Å². The minimum Gasteiger partial charge on any atom is -0.387 e. The summed E-state index contributed by atoms with van der Waals surface area (Å²) in [6.45, 7) is 1.84. The number of rotatable bonds is 5. The van der Waals surface area contributed by atoms with Crippen LogP contribution >= 0.6 is 11.6 Å². The summed E-state index contributed by atoms with van der Waals surface area (Å²) in [5, 5.41) is 13.3. The summed E-state index contributed by atoms with van der Waals surface area (Å²) in [6.07, 6.45) is 4.16. The van der Waals surface area contributed by atoms with Gasteiger partial charge < -0.3 is 10.4 Å². The molecule has 22 heavy (non-hydrogen) atoms. The smallest absolute Gasteiger partial charge is 0.247 e. The van der Waals surface area contributed by atoms with Crippen molar-refractivity contribution in [1.82, 2.24) is 10.3 Å². The molecule has 114 valence electrons. The van der Waals surface area contributed by atoms with E-state index in [2.05, 4.69) is 10.3 Å². The number of nitrogens with one attached hydrogen (secondary N) is 1. The molecule has 1 aromatic heterocycles. The summed E-state index contributed by atoms with van der Waals surface area (Å²) in [4.78, 5) is 15.9. The Hall–Kier alpha value is -2.17. The first-order valence-electron chi connectivity index (χ1n) is 6.87. The van der Waals surface area contributed by atoms with Crippen molar-refractivity contribution in [1.29, 1.82) is 0 Å². The van der Waals surface area contributed by atoms with Crippen molar-refractivity contribution in [3.63, 3.8) is 0 Å². The number of nitrogens with zero attached hydrogens (tertiary/aromatic N) is 1. The Kier molecular flexibility index (Phi) is 5.69. The van der Waals surface area contributed by atoms with Crippen molar-refractivity contribution in [2.75, 3.05) is 6.54 Å². The average Bonchev–Trinajstić information content (AvgIpc) is 2.55. The van der Waals surface area contributed by atoms with Crippen LogP contribution in [0, 0.1) is 0 Å². The van der Waals surface area contributed by atoms with Crippen molar-refractivity contribution in [2.45, 2.75) is 13.0 Å². The first-order valence-corrected chi connectivity index (χ1v) is 7.24. The molecule has 0 radical (unpaired) electrons. The van der Waals surface area contributed by atoms with Crippen LogP contribution in [0.3, 0.4) is 0 Å². The number of amides is 1. The third kappa shape index (κ3) is 4.41. The Morgan fingerprint density at radius 2 is 2.00 bits per heavy atom. The molecule has 0 fully saturated rings. The second kappa shape index (κ2) is 7.73. The number of hydrogen-bond acceptors (Lipinski definition) is 3. The topological polar surface area (TPSA) is 62.2 Å². The Morgan fingerprint density at radius 1 is 1.32 bits per heavy atom. The lowest BCUT2D eigenvalue weighted by Crippen LogP contribution is -2.28. The molecule has 0 aliphatic rings. The molecule has 1 atom stereocenters. The van der Waals surface area contributed by atoms with E-state index >= 15 is 0 Å². The zero-order valence-electron chi connectivity index (χ0n) is 12.2. The molecule has 0 saturated heterocycles. The predicted molar refractivity (Wildman–Crippen MR) is 87.3 cm³/mol. The van der Waals surface area contributed by atoms with Crippen molar-refractivity contribution in [2.24, 2.45) is 0 Å². The van der Waals surface area contributed by atoms with Gasteiger partial charge in [0, 0.05) is 29.5 Å². The van der Waals surface area contributed by atoms with Gasteiger partial charge in [0.15, 0.2) is 0 Å². The van der Waals surface area contributed by atoms with E-state index in [4.69, 9.17) is 11.6 Å². The number of pyridine rings is 1. The molecule has 1 aromatic carbocycles. The van der Waals surface area contributed by atoms with Crippen LogP contribution in [0.1, 0.15) is 24.2 Å². The van der Waals surface area contributed by atoms with Gasteiger partial charge in [0.05, 0.1) is 6.10 Å². The zero-order valence-corrected chi connectivity index (χ0v) is 12.9. The zero-order chi connectivity index (χ0) is 15.9. The first kappa shape index (κ1) is 16.2. The quantitative estimate of drug-likeness (QED) is 0.834. The maximum atomic E-state index is 12.0. The Labute approximate surface area is 134 Å². The molecule has 2 aromatic rings. The number of aromatic nitrogens is 1. The van der Waals surface area contributed by atoms with Gasteiger partial charge in [0.1, 0.15) is 0 Å². The summed E-state index contributed by atoms with van der Waals surface area (Å²) in [6, 6.07) is 10.7. The second-order valence-electron chi connectivity index (χ2n) is 4.86. The Bertz CT molecular complexity index is 671. The molecule has 0 aliphatic carbocycles. The van der Waals surface area contributed by atoms with Gasteiger partial charge in [-0.15, -0.1) is 0 Å². The Morgan fingerprint density at radius 3 is 2.68 bits per heavy atom. The predicted octanol–water partition coefficient (Wildman–Crippen LogP) is 2.99. The highest BCUT2D eigenvalue weighted by molar-refractivity contribution is 6.32. The number of aliphatic hydroxyl groups excluding tert-OH is 1. The normalized spacial score (nSPS) is 12.8. The molecule has 5 heteroatoms. The molecule has 0 saturated carbocycles. The molecular weight excluding hydrogens is 300 g/mol. The van der Waals surface area contributed by atoms with Gasteiger partial charge in [-0.1, -0.05) is 29.8 Å². The third-order valence-corrected chi connectivity index (χ3v) is 3.53. The molecule has 1 amide bonds. The van der Waals surface area contributed by atoms with Crippen LogP contribution in [-0.2, 0) is 4.79 Å². The second-order valence-corrected chi connectivity index (χ2v) is 5.26. The van der Waals surface area contributed by atoms with Gasteiger partial charge in [-0.3, -0.25) is 9.78 Å². The van der Waals surface area contributed by atoms with Crippen molar-refractivity contribution >= 4 is 23.6 Å². The number of benzene rings is 1. The van der Waals surface area contributed by atoms with Gasteiger partial charge >= 0.3 is 0 Å². The minimum atomic E-state index is -0.764. The minimum absolute atomic E-state index is 0.135. The maximum absolute atomic E-state index is 12.0. The molecule has 0 bridgehead atoms. The fraction of sp³-hybridized carbons (Fsp3) is 0.176. The molecule has 1 unspecified atom stereocenters. The van der Waals surface area contributed by atoms with Gasteiger partial charge in [-0.2, -0.15) is 0 Å². The first-order chi connectivity index (χ1) is 10.6. The lowest BCUT2D eigenvalue weighted by atomic mass is 10.1. The standard InChI is InChI=1S/C17H17ClN2O2/c1-12(10-14-4-2-3-5-15(14)18)17(22)20-11-16(21)13-6-8-19-9-7-13/h2-10,16,21H,11H2,1H3,(H,20,22)/b12-10-. The molecule has 2 N–H and O–H groups in total. The average molecular weight is 317 g/mol. The number of carbonyl (C=O) groups excluding carboxylic acids is 1. The highest BCUT2D eigenvalue weighted by Crippen LogP contribution is 2.18. The van der Waals surface area contributed by atoms with Crippen LogP contribution in [0.2, 0.25) is 5.02 Å². The monoisotopic (exact) mass is 316 g/mol. The van der Waals surface area contributed by atoms with Crippen LogP contribution in [-0.4, -0.2) is 22.5 Å². The molecule has 0 aliphatic heterocycles. The molecule has 2 rings (SSSR count). The summed E-state index contributed by atoms with van der Waals surface area (Å²) in [7, 11) is 0. The molecule has 1 heterocycles. The van der Waals surface area contributed by atoms with Gasteiger partial charge in [0.25, 0.3) is 0 Å². The molecular formula is C17H17ClN2O2. The van der Waals surface area contributed by atoms with E-state index in [0.717, 1.165) is 5.56 Å². The van der Waals surface area contributed by atoms with Crippen LogP contribution < -0.4 is 5.32 Å². The van der Waals surface area contributed by atoms with Crippen LogP contribution in [0.25, 0.3) is 6.08 Å². The highest BCUT2D eigenvalue weighted by Gasteiger charge is 2.10. The summed E-state index contributed by atoms with van der Waals surface area (Å²) >= 11 is 6.06. The number of carbonyl (C=O) groups is 1. The summed E-state index contributed by atoms with van der Waals surface area (Å²) in [5.74, 6) is -0.243. The number of aliphatic hydroxyl groups is 1. The maximum Gasteiger partial charge on any atom is 0.247 e. The third-order valence-electron chi connectivity index (χ3n) is 3.18.